The zero-order valence-electron chi connectivity index (χ0n) is 13.6. The molecule has 1 heterocycles. The van der Waals surface area contributed by atoms with Crippen LogP contribution in [0.4, 0.5) is 5.69 Å². The van der Waals surface area contributed by atoms with Crippen LogP contribution < -0.4 is 5.73 Å². The van der Waals surface area contributed by atoms with E-state index in [1.54, 1.807) is 12.1 Å². The van der Waals surface area contributed by atoms with Gasteiger partial charge in [-0.2, -0.15) is 11.8 Å². The van der Waals surface area contributed by atoms with Crippen molar-refractivity contribution in [1.82, 2.24) is 9.80 Å². The van der Waals surface area contributed by atoms with E-state index in [-0.39, 0.29) is 11.3 Å². The third-order valence-electron chi connectivity index (χ3n) is 4.24. The minimum Gasteiger partial charge on any atom is -0.366 e. The molecular formula is C15H22N4O3S. The second kappa shape index (κ2) is 7.29. The molecule has 1 fully saturated rings. The third-order valence-corrected chi connectivity index (χ3v) is 5.31. The van der Waals surface area contributed by atoms with Gasteiger partial charge in [0, 0.05) is 48.1 Å². The minimum absolute atomic E-state index is 0.0460. The van der Waals surface area contributed by atoms with Gasteiger partial charge in [0.2, 0.25) is 5.91 Å². The predicted octanol–water partition coefficient (Wildman–Crippen LogP) is 1.17. The molecule has 8 heteroatoms. The maximum atomic E-state index is 11.3. The number of amides is 1. The van der Waals surface area contributed by atoms with Gasteiger partial charge in [-0.15, -0.1) is 0 Å². The topological polar surface area (TPSA) is 92.7 Å². The van der Waals surface area contributed by atoms with Crippen LogP contribution in [0.1, 0.15) is 15.9 Å². The summed E-state index contributed by atoms with van der Waals surface area (Å²) < 4.78 is 0. The van der Waals surface area contributed by atoms with Crippen LogP contribution in [0.15, 0.2) is 18.2 Å². The van der Waals surface area contributed by atoms with Crippen molar-refractivity contribution in [2.24, 2.45) is 5.73 Å². The van der Waals surface area contributed by atoms with Gasteiger partial charge in [-0.25, -0.2) is 0 Å². The Morgan fingerprint density at radius 3 is 2.65 bits per heavy atom. The fraction of sp³-hybridized carbons (Fsp3) is 0.533. The maximum absolute atomic E-state index is 11.3. The molecule has 2 rings (SSSR count). The molecule has 126 valence electrons. The number of nitro benzene ring substituents is 1. The van der Waals surface area contributed by atoms with Crippen molar-refractivity contribution in [3.8, 4) is 0 Å². The molecular weight excluding hydrogens is 316 g/mol. The highest BCUT2D eigenvalue weighted by Gasteiger charge is 2.34. The number of nitrogens with zero attached hydrogens (tertiary/aromatic N) is 3. The lowest BCUT2D eigenvalue weighted by molar-refractivity contribution is -0.385. The lowest BCUT2D eigenvalue weighted by atomic mass is 10.1. The van der Waals surface area contributed by atoms with E-state index in [1.807, 2.05) is 11.8 Å². The first-order valence-corrected chi connectivity index (χ1v) is 8.61. The average molecular weight is 338 g/mol. The quantitative estimate of drug-likeness (QED) is 0.618. The molecule has 1 aliphatic rings. The monoisotopic (exact) mass is 338 g/mol. The summed E-state index contributed by atoms with van der Waals surface area (Å²) in [5, 5.41) is 11.8. The molecule has 2 atom stereocenters. The molecule has 0 unspecified atom stereocenters. The van der Waals surface area contributed by atoms with Crippen LogP contribution in [-0.4, -0.2) is 65.4 Å². The Labute approximate surface area is 140 Å². The number of likely N-dealkylation sites (tertiary alicyclic amines) is 1. The fourth-order valence-electron chi connectivity index (χ4n) is 2.95. The SMILES string of the molecule is CS[C@H]1CN(Cc2ccc(C(N)=O)cc2[N+](=O)[O-])C[C@@H]1N(C)C. The van der Waals surface area contributed by atoms with Crippen molar-refractivity contribution < 1.29 is 9.72 Å². The summed E-state index contributed by atoms with van der Waals surface area (Å²) in [6.45, 7) is 2.25. The van der Waals surface area contributed by atoms with E-state index < -0.39 is 10.8 Å². The first-order chi connectivity index (χ1) is 10.8. The number of primary amides is 1. The fourth-order valence-corrected chi connectivity index (χ4v) is 3.95. The van der Waals surface area contributed by atoms with E-state index in [0.29, 0.717) is 23.4 Å². The van der Waals surface area contributed by atoms with Crippen molar-refractivity contribution in [3.63, 3.8) is 0 Å². The van der Waals surface area contributed by atoms with Crippen molar-refractivity contribution in [3.05, 3.63) is 39.4 Å². The number of hydrogen-bond acceptors (Lipinski definition) is 6. The van der Waals surface area contributed by atoms with Crippen molar-refractivity contribution >= 4 is 23.4 Å². The van der Waals surface area contributed by atoms with E-state index in [9.17, 15) is 14.9 Å². The molecule has 1 aliphatic heterocycles. The Kier molecular flexibility index (Phi) is 5.61. The molecule has 0 radical (unpaired) electrons. The maximum Gasteiger partial charge on any atom is 0.274 e. The minimum atomic E-state index is -0.657. The normalized spacial score (nSPS) is 21.7. The summed E-state index contributed by atoms with van der Waals surface area (Å²) in [5.74, 6) is -0.657. The van der Waals surface area contributed by atoms with Gasteiger partial charge in [0.1, 0.15) is 0 Å². The summed E-state index contributed by atoms with van der Waals surface area (Å²) in [6.07, 6.45) is 2.09. The smallest absolute Gasteiger partial charge is 0.274 e. The highest BCUT2D eigenvalue weighted by Crippen LogP contribution is 2.28. The van der Waals surface area contributed by atoms with Crippen molar-refractivity contribution in [1.29, 1.82) is 0 Å². The summed E-state index contributed by atoms with van der Waals surface area (Å²) in [4.78, 5) is 26.5. The number of thioether (sulfide) groups is 1. The van der Waals surface area contributed by atoms with Crippen LogP contribution in [0.25, 0.3) is 0 Å². The Morgan fingerprint density at radius 1 is 1.48 bits per heavy atom. The first-order valence-electron chi connectivity index (χ1n) is 7.32. The van der Waals surface area contributed by atoms with E-state index >= 15 is 0 Å². The standard InChI is InChI=1S/C15H22N4O3S/c1-17(2)13-8-18(9-14(13)23-3)7-11-5-4-10(15(16)20)6-12(11)19(21)22/h4-6,13-14H,7-9H2,1-3H3,(H2,16,20)/t13-,14-/m0/s1. The van der Waals surface area contributed by atoms with Gasteiger partial charge in [0.25, 0.3) is 5.69 Å². The van der Waals surface area contributed by atoms with Gasteiger partial charge < -0.3 is 10.6 Å². The second-order valence-corrected chi connectivity index (χ2v) is 7.04. The van der Waals surface area contributed by atoms with Crippen LogP contribution in [0.2, 0.25) is 0 Å². The molecule has 0 bridgehead atoms. The zero-order chi connectivity index (χ0) is 17.1. The van der Waals surface area contributed by atoms with E-state index in [1.165, 1.54) is 6.07 Å². The van der Waals surface area contributed by atoms with Crippen molar-refractivity contribution in [2.45, 2.75) is 17.8 Å². The molecule has 1 aromatic rings. The van der Waals surface area contributed by atoms with Crippen LogP contribution in [0.3, 0.4) is 0 Å². The molecule has 0 aromatic heterocycles. The molecule has 1 saturated heterocycles. The zero-order valence-corrected chi connectivity index (χ0v) is 14.4. The number of nitro groups is 1. The highest BCUT2D eigenvalue weighted by atomic mass is 32.2. The average Bonchev–Trinajstić information content (AvgIpc) is 2.90. The van der Waals surface area contributed by atoms with Gasteiger partial charge >= 0.3 is 0 Å². The summed E-state index contributed by atoms with van der Waals surface area (Å²) in [7, 11) is 4.11. The number of likely N-dealkylation sites (N-methyl/N-ethyl adjacent to an activating group) is 1. The molecule has 0 saturated carbocycles. The summed E-state index contributed by atoms with van der Waals surface area (Å²) in [6, 6.07) is 4.88. The lowest BCUT2D eigenvalue weighted by Crippen LogP contribution is -2.36. The summed E-state index contributed by atoms with van der Waals surface area (Å²) in [5.41, 5.74) is 5.93. The Balaban J connectivity index is 2.20. The van der Waals surface area contributed by atoms with Gasteiger partial charge in [-0.3, -0.25) is 19.8 Å². The molecule has 23 heavy (non-hydrogen) atoms. The van der Waals surface area contributed by atoms with Crippen LogP contribution in [0.5, 0.6) is 0 Å². The third kappa shape index (κ3) is 4.01. The van der Waals surface area contributed by atoms with Gasteiger partial charge in [0.15, 0.2) is 0 Å². The lowest BCUT2D eigenvalue weighted by Gasteiger charge is -2.23. The van der Waals surface area contributed by atoms with E-state index in [4.69, 9.17) is 5.73 Å². The molecule has 0 aliphatic carbocycles. The van der Waals surface area contributed by atoms with E-state index in [0.717, 1.165) is 13.1 Å². The number of benzene rings is 1. The molecule has 1 amide bonds. The van der Waals surface area contributed by atoms with Crippen LogP contribution in [0, 0.1) is 10.1 Å². The predicted molar refractivity (Wildman–Crippen MR) is 91.7 cm³/mol. The Hall–Kier alpha value is -1.64. The van der Waals surface area contributed by atoms with Gasteiger partial charge in [0.05, 0.1) is 4.92 Å². The Bertz CT molecular complexity index is 608. The summed E-state index contributed by atoms with van der Waals surface area (Å²) >= 11 is 1.82. The molecule has 0 spiro atoms. The highest BCUT2D eigenvalue weighted by molar-refractivity contribution is 7.99. The van der Waals surface area contributed by atoms with Crippen LogP contribution >= 0.6 is 11.8 Å². The van der Waals surface area contributed by atoms with Gasteiger partial charge in [-0.05, 0) is 26.4 Å². The number of rotatable bonds is 6. The van der Waals surface area contributed by atoms with Gasteiger partial charge in [-0.1, -0.05) is 6.07 Å². The van der Waals surface area contributed by atoms with Crippen molar-refractivity contribution in [2.75, 3.05) is 33.4 Å². The van der Waals surface area contributed by atoms with Crippen LogP contribution in [-0.2, 0) is 6.54 Å². The first kappa shape index (κ1) is 17.7. The molecule has 7 nitrogen and oxygen atoms in total. The number of nitrogens with two attached hydrogens (primary N) is 1. The largest absolute Gasteiger partial charge is 0.366 e. The number of hydrogen-bond donors (Lipinski definition) is 1. The molecule has 1 aromatic carbocycles. The number of carbonyl (C=O) groups is 1. The number of carbonyl (C=O) groups excluding carboxylic acids is 1. The Morgan fingerprint density at radius 2 is 2.17 bits per heavy atom. The van der Waals surface area contributed by atoms with E-state index in [2.05, 4.69) is 30.2 Å². The molecule has 2 N–H and O–H groups in total. The second-order valence-electron chi connectivity index (χ2n) is 5.96.